The van der Waals surface area contributed by atoms with Gasteiger partial charge in [-0.1, -0.05) is 23.7 Å². The summed E-state index contributed by atoms with van der Waals surface area (Å²) in [7, 11) is 1.30. The van der Waals surface area contributed by atoms with Gasteiger partial charge in [0.25, 0.3) is 0 Å². The van der Waals surface area contributed by atoms with Crippen LogP contribution in [0.4, 0.5) is 0 Å². The molecule has 1 rings (SSSR count). The first-order valence-corrected chi connectivity index (χ1v) is 6.67. The van der Waals surface area contributed by atoms with Crippen molar-refractivity contribution in [1.82, 2.24) is 5.32 Å². The molecule has 0 aromatic heterocycles. The van der Waals surface area contributed by atoms with Gasteiger partial charge in [-0.3, -0.25) is 4.79 Å². The fraction of sp³-hybridized carbons (Fsp3) is 0.429. The summed E-state index contributed by atoms with van der Waals surface area (Å²) >= 11 is 5.78. The van der Waals surface area contributed by atoms with Crippen LogP contribution in [0.5, 0.6) is 0 Å². The fourth-order valence-electron chi connectivity index (χ4n) is 1.67. The van der Waals surface area contributed by atoms with Gasteiger partial charge in [0, 0.05) is 18.6 Å². The molecule has 0 saturated heterocycles. The average Bonchev–Trinajstić information content (AvgIpc) is 2.41. The van der Waals surface area contributed by atoms with Gasteiger partial charge in [-0.2, -0.15) is 0 Å². The number of halogens is 1. The Morgan fingerprint density at radius 1 is 1.35 bits per heavy atom. The van der Waals surface area contributed by atoms with Gasteiger partial charge in [-0.15, -0.1) is 0 Å². The van der Waals surface area contributed by atoms with Gasteiger partial charge in [0.2, 0.25) is 5.91 Å². The lowest BCUT2D eigenvalue weighted by Crippen LogP contribution is -2.37. The first kappa shape index (κ1) is 16.5. The molecule has 110 valence electrons. The van der Waals surface area contributed by atoms with Crippen LogP contribution < -0.4 is 5.32 Å². The average molecular weight is 300 g/mol. The summed E-state index contributed by atoms with van der Waals surface area (Å²) < 4.78 is 4.72. The molecule has 1 aromatic carbocycles. The van der Waals surface area contributed by atoms with Crippen LogP contribution >= 0.6 is 11.6 Å². The van der Waals surface area contributed by atoms with Gasteiger partial charge in [0.05, 0.1) is 6.54 Å². The SMILES string of the molecule is COC(CNC(=O)CCCc1ccc(Cl)cc1)C(=O)O. The highest BCUT2D eigenvalue weighted by atomic mass is 35.5. The quantitative estimate of drug-likeness (QED) is 0.768. The molecule has 20 heavy (non-hydrogen) atoms. The predicted molar refractivity (Wildman–Crippen MR) is 75.8 cm³/mol. The molecule has 0 aliphatic heterocycles. The molecule has 6 heteroatoms. The van der Waals surface area contributed by atoms with Gasteiger partial charge < -0.3 is 15.2 Å². The van der Waals surface area contributed by atoms with E-state index in [1.54, 1.807) is 0 Å². The van der Waals surface area contributed by atoms with Crippen molar-refractivity contribution in [3.63, 3.8) is 0 Å². The van der Waals surface area contributed by atoms with Crippen LogP contribution in [0, 0.1) is 0 Å². The van der Waals surface area contributed by atoms with E-state index in [1.165, 1.54) is 7.11 Å². The standard InChI is InChI=1S/C14H18ClNO4/c1-20-12(14(18)19)9-16-13(17)4-2-3-10-5-7-11(15)8-6-10/h5-8,12H,2-4,9H2,1H3,(H,16,17)(H,18,19). The summed E-state index contributed by atoms with van der Waals surface area (Å²) in [5.74, 6) is -1.27. The molecule has 1 unspecified atom stereocenters. The molecule has 0 saturated carbocycles. The van der Waals surface area contributed by atoms with Gasteiger partial charge in [-0.05, 0) is 30.5 Å². The zero-order valence-electron chi connectivity index (χ0n) is 11.3. The van der Waals surface area contributed by atoms with Crippen molar-refractivity contribution in [3.8, 4) is 0 Å². The number of carboxylic acids is 1. The van der Waals surface area contributed by atoms with E-state index < -0.39 is 12.1 Å². The second-order valence-electron chi connectivity index (χ2n) is 4.35. The second kappa shape index (κ2) is 8.55. The van der Waals surface area contributed by atoms with Crippen molar-refractivity contribution in [2.45, 2.75) is 25.4 Å². The molecule has 1 aromatic rings. The number of aryl methyl sites for hydroxylation is 1. The van der Waals surface area contributed by atoms with Crippen LogP contribution in [0.1, 0.15) is 18.4 Å². The Bertz CT molecular complexity index is 447. The summed E-state index contributed by atoms with van der Waals surface area (Å²) in [5, 5.41) is 12.0. The lowest BCUT2D eigenvalue weighted by Gasteiger charge is -2.11. The summed E-state index contributed by atoms with van der Waals surface area (Å²) in [4.78, 5) is 22.2. The zero-order valence-corrected chi connectivity index (χ0v) is 12.0. The second-order valence-corrected chi connectivity index (χ2v) is 4.78. The number of amides is 1. The van der Waals surface area contributed by atoms with Crippen LogP contribution in [0.15, 0.2) is 24.3 Å². The highest BCUT2D eigenvalue weighted by Gasteiger charge is 2.16. The molecular weight excluding hydrogens is 282 g/mol. The molecule has 0 aliphatic rings. The number of methoxy groups -OCH3 is 1. The molecule has 2 N–H and O–H groups in total. The highest BCUT2D eigenvalue weighted by molar-refractivity contribution is 6.30. The van der Waals surface area contributed by atoms with Crippen LogP contribution in [0.2, 0.25) is 5.02 Å². The van der Waals surface area contributed by atoms with E-state index in [4.69, 9.17) is 21.4 Å². The Hall–Kier alpha value is -1.59. The normalized spacial score (nSPS) is 11.9. The number of carbonyl (C=O) groups excluding carboxylic acids is 1. The third kappa shape index (κ3) is 6.04. The van der Waals surface area contributed by atoms with Crippen molar-refractivity contribution in [2.75, 3.05) is 13.7 Å². The Balaban J connectivity index is 2.23. The third-order valence-corrected chi connectivity index (χ3v) is 3.08. The number of carboxylic acid groups (broad SMARTS) is 1. The van der Waals surface area contributed by atoms with E-state index in [-0.39, 0.29) is 12.5 Å². The smallest absolute Gasteiger partial charge is 0.334 e. The van der Waals surface area contributed by atoms with Crippen LogP contribution in [0.25, 0.3) is 0 Å². The monoisotopic (exact) mass is 299 g/mol. The predicted octanol–water partition coefficient (Wildman–Crippen LogP) is 1.88. The van der Waals surface area contributed by atoms with E-state index >= 15 is 0 Å². The summed E-state index contributed by atoms with van der Waals surface area (Å²) in [6.07, 6.45) is 0.809. The van der Waals surface area contributed by atoms with Gasteiger partial charge in [-0.25, -0.2) is 4.79 Å². The Kier molecular flexibility index (Phi) is 7.04. The summed E-state index contributed by atoms with van der Waals surface area (Å²) in [6.45, 7) is -0.0222. The van der Waals surface area contributed by atoms with Crippen LogP contribution in [-0.2, 0) is 20.7 Å². The van der Waals surface area contributed by atoms with Crippen molar-refractivity contribution in [3.05, 3.63) is 34.9 Å². The number of rotatable bonds is 8. The molecule has 1 amide bonds. The minimum absolute atomic E-state index is 0.0222. The number of hydrogen-bond donors (Lipinski definition) is 2. The first-order chi connectivity index (χ1) is 9.52. The number of hydrogen-bond acceptors (Lipinski definition) is 3. The highest BCUT2D eigenvalue weighted by Crippen LogP contribution is 2.11. The maximum atomic E-state index is 11.5. The lowest BCUT2D eigenvalue weighted by atomic mass is 10.1. The first-order valence-electron chi connectivity index (χ1n) is 6.29. The molecule has 0 radical (unpaired) electrons. The maximum absolute atomic E-state index is 11.5. The number of aliphatic carboxylic acids is 1. The number of ether oxygens (including phenoxy) is 1. The topological polar surface area (TPSA) is 75.6 Å². The Morgan fingerprint density at radius 2 is 2.00 bits per heavy atom. The van der Waals surface area contributed by atoms with Crippen LogP contribution in [0.3, 0.4) is 0 Å². The molecule has 0 bridgehead atoms. The minimum atomic E-state index is -1.09. The summed E-state index contributed by atoms with van der Waals surface area (Å²) in [6, 6.07) is 7.47. The van der Waals surface area contributed by atoms with E-state index in [0.717, 1.165) is 12.0 Å². The number of carbonyl (C=O) groups is 2. The zero-order chi connectivity index (χ0) is 15.0. The van der Waals surface area contributed by atoms with Crippen molar-refractivity contribution in [2.24, 2.45) is 0 Å². The van der Waals surface area contributed by atoms with E-state index in [2.05, 4.69) is 5.32 Å². The lowest BCUT2D eigenvalue weighted by molar-refractivity contribution is -0.148. The fourth-order valence-corrected chi connectivity index (χ4v) is 1.80. The van der Waals surface area contributed by atoms with Crippen molar-refractivity contribution >= 4 is 23.5 Å². The maximum Gasteiger partial charge on any atom is 0.334 e. The number of nitrogens with one attached hydrogen (secondary N) is 1. The Morgan fingerprint density at radius 3 is 2.55 bits per heavy atom. The molecular formula is C14H18ClNO4. The molecule has 5 nitrogen and oxygen atoms in total. The molecule has 0 aliphatic carbocycles. The number of benzene rings is 1. The van der Waals surface area contributed by atoms with E-state index in [0.29, 0.717) is 17.9 Å². The molecule has 1 atom stereocenters. The van der Waals surface area contributed by atoms with E-state index in [1.807, 2.05) is 24.3 Å². The van der Waals surface area contributed by atoms with Crippen molar-refractivity contribution in [1.29, 1.82) is 0 Å². The van der Waals surface area contributed by atoms with Gasteiger partial charge >= 0.3 is 5.97 Å². The van der Waals surface area contributed by atoms with E-state index in [9.17, 15) is 9.59 Å². The van der Waals surface area contributed by atoms with Gasteiger partial charge in [0.1, 0.15) is 0 Å². The van der Waals surface area contributed by atoms with Crippen molar-refractivity contribution < 1.29 is 19.4 Å². The van der Waals surface area contributed by atoms with Crippen LogP contribution in [-0.4, -0.2) is 36.7 Å². The molecule has 0 heterocycles. The molecule has 0 spiro atoms. The minimum Gasteiger partial charge on any atom is -0.479 e. The largest absolute Gasteiger partial charge is 0.479 e. The summed E-state index contributed by atoms with van der Waals surface area (Å²) in [5.41, 5.74) is 1.11. The Labute approximate surface area is 122 Å². The van der Waals surface area contributed by atoms with Gasteiger partial charge in [0.15, 0.2) is 6.10 Å². The molecule has 0 fully saturated rings. The third-order valence-electron chi connectivity index (χ3n) is 2.83.